The minimum Gasteiger partial charge on any atom is -0.385 e. The van der Waals surface area contributed by atoms with Gasteiger partial charge in [0, 0.05) is 37.3 Å². The zero-order valence-electron chi connectivity index (χ0n) is 18.8. The number of carbonyl (C=O) groups is 1. The van der Waals surface area contributed by atoms with Gasteiger partial charge in [0.05, 0.1) is 6.54 Å². The highest BCUT2D eigenvalue weighted by Gasteiger charge is 2.24. The molecule has 34 heavy (non-hydrogen) atoms. The van der Waals surface area contributed by atoms with Crippen molar-refractivity contribution in [3.63, 3.8) is 0 Å². The van der Waals surface area contributed by atoms with Crippen LogP contribution in [0.2, 0.25) is 0 Å². The predicted molar refractivity (Wildman–Crippen MR) is 132 cm³/mol. The van der Waals surface area contributed by atoms with Crippen LogP contribution >= 0.6 is 11.8 Å². The summed E-state index contributed by atoms with van der Waals surface area (Å²) in [7, 11) is 1.54. The molecule has 0 spiro atoms. The number of rotatable bonds is 11. The highest BCUT2D eigenvalue weighted by atomic mass is 32.2. The number of halogens is 1. The van der Waals surface area contributed by atoms with E-state index in [9.17, 15) is 18.8 Å². The molecule has 2 aromatic carbocycles. The Morgan fingerprint density at radius 3 is 2.56 bits per heavy atom. The first kappa shape index (κ1) is 25.3. The molecule has 3 N–H and O–H groups in total. The van der Waals surface area contributed by atoms with Crippen LogP contribution in [-0.4, -0.2) is 41.5 Å². The molecular weight excluding hydrogens is 459 g/mol. The van der Waals surface area contributed by atoms with Gasteiger partial charge in [-0.25, -0.2) is 9.18 Å². The van der Waals surface area contributed by atoms with Crippen LogP contribution in [0.4, 0.5) is 15.9 Å². The summed E-state index contributed by atoms with van der Waals surface area (Å²) in [6, 6.07) is 15.5. The van der Waals surface area contributed by atoms with E-state index in [-0.39, 0.29) is 42.7 Å². The molecule has 0 atom stereocenters. The Morgan fingerprint density at radius 1 is 1.15 bits per heavy atom. The molecule has 1 heterocycles. The van der Waals surface area contributed by atoms with Crippen molar-refractivity contribution in [3.8, 4) is 0 Å². The molecule has 0 saturated carbocycles. The number of nitrogens with two attached hydrogens (primary N) is 1. The molecule has 0 bridgehead atoms. The molecule has 1 aromatic heterocycles. The van der Waals surface area contributed by atoms with E-state index in [1.807, 2.05) is 30.3 Å². The van der Waals surface area contributed by atoms with Crippen molar-refractivity contribution in [1.82, 2.24) is 9.55 Å². The van der Waals surface area contributed by atoms with E-state index in [1.165, 1.54) is 27.3 Å². The van der Waals surface area contributed by atoms with Crippen LogP contribution in [0.5, 0.6) is 0 Å². The average molecular weight is 487 g/mol. The Morgan fingerprint density at radius 2 is 1.85 bits per heavy atom. The molecule has 8 nitrogen and oxygen atoms in total. The molecule has 0 saturated heterocycles. The van der Waals surface area contributed by atoms with Crippen molar-refractivity contribution >= 4 is 29.2 Å². The maximum atomic E-state index is 13.9. The fourth-order valence-corrected chi connectivity index (χ4v) is 4.31. The van der Waals surface area contributed by atoms with Gasteiger partial charge in [-0.05, 0) is 24.1 Å². The van der Waals surface area contributed by atoms with Gasteiger partial charge in [0.15, 0.2) is 5.69 Å². The summed E-state index contributed by atoms with van der Waals surface area (Å²) in [6.45, 7) is 0.682. The maximum absolute atomic E-state index is 13.9. The summed E-state index contributed by atoms with van der Waals surface area (Å²) in [4.78, 5) is 42.4. The standard InChI is InChI=1S/C24H27FN4O4S/c1-33-14-7-13-28(20(30)12-15-34-19-11-6-5-10-18(19)25)21-22(26)29(24(32)27-23(21)31)16-17-8-3-2-4-9-17/h2-6,8-11H,7,12-16,26H2,1H3,(H,27,31,32). The van der Waals surface area contributed by atoms with E-state index in [2.05, 4.69) is 4.98 Å². The molecule has 1 amide bonds. The molecule has 10 heteroatoms. The molecule has 0 aliphatic heterocycles. The first-order valence-corrected chi connectivity index (χ1v) is 11.7. The Bertz CT molecular complexity index is 1230. The van der Waals surface area contributed by atoms with Crippen molar-refractivity contribution in [2.45, 2.75) is 24.3 Å². The highest BCUT2D eigenvalue weighted by molar-refractivity contribution is 7.99. The molecule has 0 aliphatic carbocycles. The Labute approximate surface area is 200 Å². The molecule has 0 fully saturated rings. The van der Waals surface area contributed by atoms with Gasteiger partial charge >= 0.3 is 5.69 Å². The van der Waals surface area contributed by atoms with Gasteiger partial charge in [0.25, 0.3) is 5.56 Å². The van der Waals surface area contributed by atoms with Crippen LogP contribution in [0.1, 0.15) is 18.4 Å². The summed E-state index contributed by atoms with van der Waals surface area (Å²) in [5, 5.41) is 0. The predicted octanol–water partition coefficient (Wildman–Crippen LogP) is 2.86. The zero-order chi connectivity index (χ0) is 24.5. The van der Waals surface area contributed by atoms with Crippen molar-refractivity contribution < 1.29 is 13.9 Å². The van der Waals surface area contributed by atoms with Gasteiger partial charge in [0.1, 0.15) is 11.6 Å². The van der Waals surface area contributed by atoms with Crippen LogP contribution in [0.25, 0.3) is 0 Å². The fourth-order valence-electron chi connectivity index (χ4n) is 3.43. The zero-order valence-corrected chi connectivity index (χ0v) is 19.6. The first-order chi connectivity index (χ1) is 16.4. The quantitative estimate of drug-likeness (QED) is 0.319. The van der Waals surface area contributed by atoms with E-state index >= 15 is 0 Å². The van der Waals surface area contributed by atoms with Gasteiger partial charge < -0.3 is 15.4 Å². The number of thioether (sulfide) groups is 1. The lowest BCUT2D eigenvalue weighted by molar-refractivity contribution is -0.118. The average Bonchev–Trinajstić information content (AvgIpc) is 2.82. The number of nitrogens with one attached hydrogen (secondary N) is 1. The summed E-state index contributed by atoms with van der Waals surface area (Å²) < 4.78 is 20.2. The topological polar surface area (TPSA) is 110 Å². The lowest BCUT2D eigenvalue weighted by Crippen LogP contribution is -2.42. The number of hydrogen-bond donors (Lipinski definition) is 2. The normalized spacial score (nSPS) is 10.9. The minimum atomic E-state index is -0.737. The van der Waals surface area contributed by atoms with E-state index in [4.69, 9.17) is 10.5 Å². The van der Waals surface area contributed by atoms with E-state index in [0.29, 0.717) is 23.7 Å². The van der Waals surface area contributed by atoms with Gasteiger partial charge in [-0.2, -0.15) is 0 Å². The SMILES string of the molecule is COCCCN(C(=O)CCSc1ccccc1F)c1c(N)n(Cc2ccccc2)c(=O)[nH]c1=O. The summed E-state index contributed by atoms with van der Waals surface area (Å²) >= 11 is 1.21. The number of hydrogen-bond acceptors (Lipinski definition) is 6. The molecule has 3 aromatic rings. The number of aromatic nitrogens is 2. The molecule has 0 unspecified atom stereocenters. The summed E-state index contributed by atoms with van der Waals surface area (Å²) in [6.07, 6.45) is 0.502. The summed E-state index contributed by atoms with van der Waals surface area (Å²) in [5.41, 5.74) is 5.62. The number of methoxy groups -OCH3 is 1. The number of aromatic amines is 1. The Kier molecular flexibility index (Phi) is 9.06. The van der Waals surface area contributed by atoms with Crippen molar-refractivity contribution in [2.75, 3.05) is 36.6 Å². The van der Waals surface area contributed by atoms with Crippen LogP contribution in [-0.2, 0) is 16.1 Å². The molecule has 0 radical (unpaired) electrons. The van der Waals surface area contributed by atoms with Gasteiger partial charge in [0.2, 0.25) is 5.91 Å². The second-order valence-electron chi connectivity index (χ2n) is 7.49. The van der Waals surface area contributed by atoms with Crippen molar-refractivity contribution in [1.29, 1.82) is 0 Å². The molecule has 3 rings (SSSR count). The van der Waals surface area contributed by atoms with Gasteiger partial charge in [-0.15, -0.1) is 11.8 Å². The van der Waals surface area contributed by atoms with Crippen molar-refractivity contribution in [3.05, 3.63) is 86.8 Å². The first-order valence-electron chi connectivity index (χ1n) is 10.8. The number of anilines is 2. The van der Waals surface area contributed by atoms with E-state index < -0.39 is 11.2 Å². The van der Waals surface area contributed by atoms with Crippen LogP contribution in [0.15, 0.2) is 69.1 Å². The third kappa shape index (κ3) is 6.36. The summed E-state index contributed by atoms with van der Waals surface area (Å²) in [5.74, 6) is -0.500. The van der Waals surface area contributed by atoms with Gasteiger partial charge in [-0.1, -0.05) is 42.5 Å². The lowest BCUT2D eigenvalue weighted by Gasteiger charge is -2.24. The van der Waals surface area contributed by atoms with Crippen LogP contribution in [0, 0.1) is 5.82 Å². The van der Waals surface area contributed by atoms with Gasteiger partial charge in [-0.3, -0.25) is 19.1 Å². The van der Waals surface area contributed by atoms with Crippen molar-refractivity contribution in [2.24, 2.45) is 0 Å². The third-order valence-electron chi connectivity index (χ3n) is 5.11. The number of nitrogen functional groups attached to an aromatic ring is 1. The minimum absolute atomic E-state index is 0.0443. The highest BCUT2D eigenvalue weighted by Crippen LogP contribution is 2.24. The smallest absolute Gasteiger partial charge is 0.330 e. The number of carbonyl (C=O) groups excluding carboxylic acids is 1. The number of ether oxygens (including phenoxy) is 1. The molecular formula is C24H27FN4O4S. The maximum Gasteiger partial charge on any atom is 0.330 e. The second kappa shape index (κ2) is 12.2. The van der Waals surface area contributed by atoms with E-state index in [0.717, 1.165) is 5.56 Å². The van der Waals surface area contributed by atoms with E-state index in [1.54, 1.807) is 25.3 Å². The number of amides is 1. The van der Waals surface area contributed by atoms with Crippen LogP contribution in [0.3, 0.4) is 0 Å². The molecule has 180 valence electrons. The largest absolute Gasteiger partial charge is 0.385 e. The Hall–Kier alpha value is -3.37. The molecule has 0 aliphatic rings. The fraction of sp³-hybridized carbons (Fsp3) is 0.292. The lowest BCUT2D eigenvalue weighted by atomic mass is 10.2. The number of benzene rings is 2. The number of H-pyrrole nitrogens is 1. The third-order valence-corrected chi connectivity index (χ3v) is 6.16. The number of nitrogens with zero attached hydrogens (tertiary/aromatic N) is 2. The second-order valence-corrected chi connectivity index (χ2v) is 8.62. The van der Waals surface area contributed by atoms with Crippen LogP contribution < -0.4 is 21.9 Å². The Balaban J connectivity index is 1.87. The monoisotopic (exact) mass is 486 g/mol.